The highest BCUT2D eigenvalue weighted by Crippen LogP contribution is 2.24. The topological polar surface area (TPSA) is 3.24 Å². The molecule has 11 heavy (non-hydrogen) atoms. The Labute approximate surface area is 70.8 Å². The van der Waals surface area contributed by atoms with E-state index < -0.39 is 0 Å². The Morgan fingerprint density at radius 3 is 2.36 bits per heavy atom. The molecule has 0 amide bonds. The predicted octanol–water partition coefficient (Wildman–Crippen LogP) is 2.52. The Hall–Kier alpha value is -0.0400. The lowest BCUT2D eigenvalue weighted by molar-refractivity contribution is 0.265. The first kappa shape index (κ1) is 9.05. The molecule has 1 nitrogen and oxygen atoms in total. The smallest absolute Gasteiger partial charge is 0.00892 e. The second-order valence-electron chi connectivity index (χ2n) is 4.23. The van der Waals surface area contributed by atoms with Gasteiger partial charge in [-0.05, 0) is 39.3 Å². The highest BCUT2D eigenvalue weighted by atomic mass is 15.1. The molecule has 0 N–H and O–H groups in total. The van der Waals surface area contributed by atoms with Gasteiger partial charge in [0.15, 0.2) is 0 Å². The standard InChI is InChI=1S/C10H21N/c1-9-5-4-6-10(8-7-9)11(2)3/h9-10H,4-8H2,1-3H3/t9-,10-/m1/s1. The van der Waals surface area contributed by atoms with Gasteiger partial charge in [-0.1, -0.05) is 19.8 Å². The zero-order valence-electron chi connectivity index (χ0n) is 8.14. The fourth-order valence-corrected chi connectivity index (χ4v) is 1.98. The van der Waals surface area contributed by atoms with Gasteiger partial charge in [0.1, 0.15) is 0 Å². The summed E-state index contributed by atoms with van der Waals surface area (Å²) in [5, 5.41) is 0. The van der Waals surface area contributed by atoms with E-state index in [1.165, 1.54) is 32.1 Å². The molecule has 1 heteroatoms. The molecule has 0 aromatic heterocycles. The molecule has 0 heterocycles. The molecular weight excluding hydrogens is 134 g/mol. The van der Waals surface area contributed by atoms with Crippen LogP contribution in [0.1, 0.15) is 39.0 Å². The SMILES string of the molecule is C[C@@H]1CCC[C@@H](N(C)C)CC1. The highest BCUT2D eigenvalue weighted by Gasteiger charge is 2.16. The van der Waals surface area contributed by atoms with Crippen LogP contribution in [-0.4, -0.2) is 25.0 Å². The van der Waals surface area contributed by atoms with Crippen LogP contribution < -0.4 is 0 Å². The van der Waals surface area contributed by atoms with Gasteiger partial charge in [-0.25, -0.2) is 0 Å². The summed E-state index contributed by atoms with van der Waals surface area (Å²) in [6, 6.07) is 0.861. The second kappa shape index (κ2) is 4.10. The van der Waals surface area contributed by atoms with E-state index in [2.05, 4.69) is 25.9 Å². The number of hydrogen-bond donors (Lipinski definition) is 0. The van der Waals surface area contributed by atoms with E-state index in [-0.39, 0.29) is 0 Å². The zero-order valence-corrected chi connectivity index (χ0v) is 8.14. The van der Waals surface area contributed by atoms with Gasteiger partial charge in [0, 0.05) is 6.04 Å². The quantitative estimate of drug-likeness (QED) is 0.526. The van der Waals surface area contributed by atoms with Crippen LogP contribution >= 0.6 is 0 Å². The molecule has 66 valence electrons. The Bertz CT molecular complexity index is 109. The lowest BCUT2D eigenvalue weighted by Gasteiger charge is -2.22. The van der Waals surface area contributed by atoms with E-state index in [4.69, 9.17) is 0 Å². The summed E-state index contributed by atoms with van der Waals surface area (Å²) >= 11 is 0. The molecule has 1 saturated carbocycles. The number of nitrogens with zero attached hydrogens (tertiary/aromatic N) is 1. The summed E-state index contributed by atoms with van der Waals surface area (Å²) in [5.41, 5.74) is 0. The van der Waals surface area contributed by atoms with Crippen molar-refractivity contribution in [3.8, 4) is 0 Å². The third-order valence-corrected chi connectivity index (χ3v) is 2.96. The van der Waals surface area contributed by atoms with Crippen molar-refractivity contribution >= 4 is 0 Å². The van der Waals surface area contributed by atoms with E-state index in [0.29, 0.717) is 0 Å². The van der Waals surface area contributed by atoms with E-state index in [0.717, 1.165) is 12.0 Å². The molecule has 2 atom stereocenters. The summed E-state index contributed by atoms with van der Waals surface area (Å²) in [4.78, 5) is 2.39. The first-order valence-corrected chi connectivity index (χ1v) is 4.86. The predicted molar refractivity (Wildman–Crippen MR) is 49.7 cm³/mol. The summed E-state index contributed by atoms with van der Waals surface area (Å²) < 4.78 is 0. The van der Waals surface area contributed by atoms with Gasteiger partial charge in [0.05, 0.1) is 0 Å². The van der Waals surface area contributed by atoms with Crippen LogP contribution in [0.25, 0.3) is 0 Å². The second-order valence-corrected chi connectivity index (χ2v) is 4.23. The maximum absolute atomic E-state index is 2.39. The number of hydrogen-bond acceptors (Lipinski definition) is 1. The Balaban J connectivity index is 2.34. The van der Waals surface area contributed by atoms with Crippen molar-refractivity contribution in [3.63, 3.8) is 0 Å². The van der Waals surface area contributed by atoms with E-state index in [1.54, 1.807) is 0 Å². The van der Waals surface area contributed by atoms with Crippen molar-refractivity contribution in [2.24, 2.45) is 5.92 Å². The molecule has 0 spiro atoms. The fourth-order valence-electron chi connectivity index (χ4n) is 1.98. The minimum atomic E-state index is 0.861. The Kier molecular flexibility index (Phi) is 3.38. The van der Waals surface area contributed by atoms with Crippen LogP contribution in [0, 0.1) is 5.92 Å². The molecule has 0 aromatic rings. The minimum absolute atomic E-state index is 0.861. The van der Waals surface area contributed by atoms with E-state index in [1.807, 2.05) is 0 Å². The van der Waals surface area contributed by atoms with Gasteiger partial charge in [0.2, 0.25) is 0 Å². The maximum atomic E-state index is 2.39. The van der Waals surface area contributed by atoms with Gasteiger partial charge in [-0.15, -0.1) is 0 Å². The van der Waals surface area contributed by atoms with Crippen molar-refractivity contribution < 1.29 is 0 Å². The monoisotopic (exact) mass is 155 g/mol. The molecule has 1 rings (SSSR count). The first-order chi connectivity index (χ1) is 5.20. The van der Waals surface area contributed by atoms with Gasteiger partial charge in [0.25, 0.3) is 0 Å². The third kappa shape index (κ3) is 2.82. The molecule has 0 aliphatic heterocycles. The van der Waals surface area contributed by atoms with Crippen LogP contribution in [0.15, 0.2) is 0 Å². The summed E-state index contributed by atoms with van der Waals surface area (Å²) in [6.07, 6.45) is 7.14. The average Bonchev–Trinajstić information content (AvgIpc) is 2.13. The maximum Gasteiger partial charge on any atom is 0.00892 e. The van der Waals surface area contributed by atoms with Gasteiger partial charge < -0.3 is 4.90 Å². The molecular formula is C10H21N. The molecule has 0 saturated heterocycles. The van der Waals surface area contributed by atoms with Crippen LogP contribution in [0.4, 0.5) is 0 Å². The number of rotatable bonds is 1. The fraction of sp³-hybridized carbons (Fsp3) is 1.00. The van der Waals surface area contributed by atoms with Crippen LogP contribution in [0.2, 0.25) is 0 Å². The van der Waals surface area contributed by atoms with Crippen LogP contribution in [0.3, 0.4) is 0 Å². The van der Waals surface area contributed by atoms with Crippen molar-refractivity contribution in [2.75, 3.05) is 14.1 Å². The average molecular weight is 155 g/mol. The van der Waals surface area contributed by atoms with Crippen LogP contribution in [-0.2, 0) is 0 Å². The first-order valence-electron chi connectivity index (χ1n) is 4.86. The Morgan fingerprint density at radius 2 is 1.73 bits per heavy atom. The van der Waals surface area contributed by atoms with Gasteiger partial charge in [-0.3, -0.25) is 0 Å². The highest BCUT2D eigenvalue weighted by molar-refractivity contribution is 4.72. The Morgan fingerprint density at radius 1 is 1.00 bits per heavy atom. The molecule has 1 fully saturated rings. The lowest BCUT2D eigenvalue weighted by Crippen LogP contribution is -2.26. The zero-order chi connectivity index (χ0) is 8.27. The normalized spacial score (nSPS) is 33.8. The summed E-state index contributed by atoms with van der Waals surface area (Å²) in [6.45, 7) is 2.39. The molecule has 0 bridgehead atoms. The molecule has 0 radical (unpaired) electrons. The molecule has 1 aliphatic carbocycles. The van der Waals surface area contributed by atoms with Gasteiger partial charge in [-0.2, -0.15) is 0 Å². The van der Waals surface area contributed by atoms with Gasteiger partial charge >= 0.3 is 0 Å². The van der Waals surface area contributed by atoms with Crippen molar-refractivity contribution in [1.29, 1.82) is 0 Å². The van der Waals surface area contributed by atoms with E-state index >= 15 is 0 Å². The minimum Gasteiger partial charge on any atom is -0.306 e. The summed E-state index contributed by atoms with van der Waals surface area (Å²) in [7, 11) is 4.42. The van der Waals surface area contributed by atoms with Crippen LogP contribution in [0.5, 0.6) is 0 Å². The lowest BCUT2D eigenvalue weighted by atomic mass is 10.0. The summed E-state index contributed by atoms with van der Waals surface area (Å²) in [5.74, 6) is 0.972. The molecule has 1 aliphatic rings. The van der Waals surface area contributed by atoms with Crippen molar-refractivity contribution in [1.82, 2.24) is 4.90 Å². The van der Waals surface area contributed by atoms with Crippen molar-refractivity contribution in [2.45, 2.75) is 45.1 Å². The largest absolute Gasteiger partial charge is 0.306 e. The third-order valence-electron chi connectivity index (χ3n) is 2.96. The molecule has 0 aromatic carbocycles. The van der Waals surface area contributed by atoms with E-state index in [9.17, 15) is 0 Å². The molecule has 0 unspecified atom stereocenters. The van der Waals surface area contributed by atoms with Crippen molar-refractivity contribution in [3.05, 3.63) is 0 Å².